The molecule has 5 heteroatoms. The number of nitrogens with zero attached hydrogens (tertiary/aromatic N) is 1. The van der Waals surface area contributed by atoms with Crippen LogP contribution in [0.5, 0.6) is 11.5 Å². The van der Waals surface area contributed by atoms with Gasteiger partial charge in [0, 0.05) is 6.04 Å². The van der Waals surface area contributed by atoms with E-state index in [2.05, 4.69) is 0 Å². The molecule has 0 aliphatic carbocycles. The van der Waals surface area contributed by atoms with Crippen molar-refractivity contribution >= 4 is 0 Å². The second kappa shape index (κ2) is 5.36. The maximum absolute atomic E-state index is 10.2. The van der Waals surface area contributed by atoms with Gasteiger partial charge in [0.1, 0.15) is 6.10 Å². The van der Waals surface area contributed by atoms with E-state index in [1.54, 1.807) is 14.2 Å². The van der Waals surface area contributed by atoms with Crippen LogP contribution in [0, 0.1) is 0 Å². The van der Waals surface area contributed by atoms with Crippen LogP contribution in [0.4, 0.5) is 0 Å². The molecule has 0 unspecified atom stereocenters. The minimum Gasteiger partial charge on any atom is -0.493 e. The van der Waals surface area contributed by atoms with Crippen LogP contribution in [-0.2, 0) is 0 Å². The molecule has 4 atom stereocenters. The number of aliphatic hydroxyl groups is 2. The van der Waals surface area contributed by atoms with Crippen LogP contribution >= 0.6 is 0 Å². The van der Waals surface area contributed by atoms with Crippen molar-refractivity contribution in [1.82, 2.24) is 4.90 Å². The van der Waals surface area contributed by atoms with Crippen molar-refractivity contribution in [3.05, 3.63) is 23.8 Å². The van der Waals surface area contributed by atoms with Crippen LogP contribution in [0.3, 0.4) is 0 Å². The van der Waals surface area contributed by atoms with Gasteiger partial charge in [-0.15, -0.1) is 0 Å². The molecule has 2 rings (SSSR count). The molecular formula is C14H21NO4. The molecular weight excluding hydrogens is 246 g/mol. The van der Waals surface area contributed by atoms with Gasteiger partial charge in [0.05, 0.1) is 26.4 Å². The molecule has 1 aromatic rings. The highest BCUT2D eigenvalue weighted by Gasteiger charge is 2.44. The van der Waals surface area contributed by atoms with E-state index in [-0.39, 0.29) is 12.1 Å². The highest BCUT2D eigenvalue weighted by atomic mass is 16.5. The van der Waals surface area contributed by atoms with Crippen molar-refractivity contribution < 1.29 is 19.7 Å². The highest BCUT2D eigenvalue weighted by molar-refractivity contribution is 5.44. The molecule has 1 aromatic carbocycles. The Labute approximate surface area is 113 Å². The number of hydrogen-bond donors (Lipinski definition) is 2. The summed E-state index contributed by atoms with van der Waals surface area (Å²) in [5, 5.41) is 20.1. The summed E-state index contributed by atoms with van der Waals surface area (Å²) in [5.74, 6) is 1.27. The topological polar surface area (TPSA) is 62.2 Å². The lowest BCUT2D eigenvalue weighted by Gasteiger charge is -2.25. The molecule has 1 saturated heterocycles. The molecule has 1 fully saturated rings. The Morgan fingerprint density at radius 3 is 2.16 bits per heavy atom. The largest absolute Gasteiger partial charge is 0.493 e. The number of likely N-dealkylation sites (tertiary alicyclic amines) is 1. The number of ether oxygens (including phenoxy) is 2. The van der Waals surface area contributed by atoms with E-state index in [9.17, 15) is 10.2 Å². The standard InChI is InChI=1S/C14H21NO4/c1-8-13(16)14(17)12(15(8)2)9-5-6-10(18-3)11(7-9)19-4/h5-8,12-14,16-17H,1-4H3/t8-,12-,13+,14-/m1/s1. The number of hydrogen-bond acceptors (Lipinski definition) is 5. The Kier molecular flexibility index (Phi) is 3.99. The molecule has 106 valence electrons. The summed E-state index contributed by atoms with van der Waals surface area (Å²) >= 11 is 0. The summed E-state index contributed by atoms with van der Waals surface area (Å²) in [6.07, 6.45) is -1.55. The van der Waals surface area contributed by atoms with Gasteiger partial charge < -0.3 is 19.7 Å². The third-order valence-electron chi connectivity index (χ3n) is 4.00. The first-order valence-corrected chi connectivity index (χ1v) is 6.31. The zero-order valence-corrected chi connectivity index (χ0v) is 11.7. The molecule has 0 amide bonds. The first-order valence-electron chi connectivity index (χ1n) is 6.31. The summed E-state index contributed by atoms with van der Waals surface area (Å²) in [7, 11) is 5.05. The second-order valence-corrected chi connectivity index (χ2v) is 4.95. The van der Waals surface area contributed by atoms with E-state index in [1.165, 1.54) is 0 Å². The molecule has 19 heavy (non-hydrogen) atoms. The van der Waals surface area contributed by atoms with Crippen molar-refractivity contribution in [2.75, 3.05) is 21.3 Å². The molecule has 0 spiro atoms. The SMILES string of the molecule is COc1ccc([C@@H]2[C@@H](O)[C@@H](O)[C@@H](C)N2C)cc1OC. The van der Waals surface area contributed by atoms with E-state index in [4.69, 9.17) is 9.47 Å². The molecule has 1 aliphatic heterocycles. The average molecular weight is 267 g/mol. The first kappa shape index (κ1) is 14.1. The molecule has 2 N–H and O–H groups in total. The molecule has 0 saturated carbocycles. The number of aliphatic hydroxyl groups excluding tert-OH is 2. The van der Waals surface area contributed by atoms with E-state index in [0.717, 1.165) is 5.56 Å². The number of methoxy groups -OCH3 is 2. The van der Waals surface area contributed by atoms with Crippen LogP contribution in [0.2, 0.25) is 0 Å². The summed E-state index contributed by atoms with van der Waals surface area (Å²) in [4.78, 5) is 1.97. The van der Waals surface area contributed by atoms with E-state index < -0.39 is 12.2 Å². The van der Waals surface area contributed by atoms with Gasteiger partial charge >= 0.3 is 0 Å². The molecule has 0 radical (unpaired) electrons. The fourth-order valence-electron chi connectivity index (χ4n) is 2.68. The van der Waals surface area contributed by atoms with Gasteiger partial charge in [-0.1, -0.05) is 6.07 Å². The zero-order chi connectivity index (χ0) is 14.2. The highest BCUT2D eigenvalue weighted by Crippen LogP contribution is 2.38. The zero-order valence-electron chi connectivity index (χ0n) is 11.7. The summed E-state index contributed by atoms with van der Waals surface area (Å²) in [5.41, 5.74) is 0.899. The maximum Gasteiger partial charge on any atom is 0.161 e. The Balaban J connectivity index is 2.37. The van der Waals surface area contributed by atoms with Gasteiger partial charge in [0.15, 0.2) is 11.5 Å². The quantitative estimate of drug-likeness (QED) is 0.848. The first-order chi connectivity index (χ1) is 9.01. The molecule has 5 nitrogen and oxygen atoms in total. The van der Waals surface area contributed by atoms with E-state index in [0.29, 0.717) is 11.5 Å². The van der Waals surface area contributed by atoms with Crippen LogP contribution in [0.15, 0.2) is 18.2 Å². The van der Waals surface area contributed by atoms with Crippen LogP contribution in [0.1, 0.15) is 18.5 Å². The van der Waals surface area contributed by atoms with Gasteiger partial charge in [-0.05, 0) is 31.7 Å². The molecule has 1 heterocycles. The molecule has 0 bridgehead atoms. The number of likely N-dealkylation sites (N-methyl/N-ethyl adjacent to an activating group) is 1. The van der Waals surface area contributed by atoms with E-state index in [1.807, 2.05) is 37.1 Å². The van der Waals surface area contributed by atoms with Crippen molar-refractivity contribution in [2.45, 2.75) is 31.2 Å². The average Bonchev–Trinajstić information content (AvgIpc) is 2.62. The third-order valence-corrected chi connectivity index (χ3v) is 4.00. The normalized spacial score (nSPS) is 31.5. The van der Waals surface area contributed by atoms with Gasteiger partial charge in [-0.25, -0.2) is 0 Å². The number of benzene rings is 1. The monoisotopic (exact) mass is 267 g/mol. The second-order valence-electron chi connectivity index (χ2n) is 4.95. The molecule has 1 aliphatic rings. The van der Waals surface area contributed by atoms with Crippen molar-refractivity contribution in [1.29, 1.82) is 0 Å². The van der Waals surface area contributed by atoms with Crippen molar-refractivity contribution in [3.8, 4) is 11.5 Å². The third kappa shape index (κ3) is 2.29. The van der Waals surface area contributed by atoms with Crippen molar-refractivity contribution in [3.63, 3.8) is 0 Å². The summed E-state index contributed by atoms with van der Waals surface area (Å²) in [6, 6.07) is 5.20. The van der Waals surface area contributed by atoms with E-state index >= 15 is 0 Å². The Morgan fingerprint density at radius 1 is 1.05 bits per heavy atom. The minimum absolute atomic E-state index is 0.0897. The predicted octanol–water partition coefficient (Wildman–Crippen LogP) is 0.801. The molecule has 0 aromatic heterocycles. The van der Waals surface area contributed by atoms with Gasteiger partial charge in [-0.2, -0.15) is 0 Å². The minimum atomic E-state index is -0.807. The lowest BCUT2D eigenvalue weighted by Crippen LogP contribution is -2.30. The van der Waals surface area contributed by atoms with Crippen LogP contribution < -0.4 is 9.47 Å². The van der Waals surface area contributed by atoms with Crippen molar-refractivity contribution in [2.24, 2.45) is 0 Å². The number of rotatable bonds is 3. The summed E-state index contributed by atoms with van der Waals surface area (Å²) < 4.78 is 10.5. The van der Waals surface area contributed by atoms with Crippen LogP contribution in [-0.4, -0.2) is 54.6 Å². The Hall–Kier alpha value is -1.30. The van der Waals surface area contributed by atoms with Gasteiger partial charge in [-0.3, -0.25) is 4.90 Å². The van der Waals surface area contributed by atoms with Gasteiger partial charge in [0.2, 0.25) is 0 Å². The fraction of sp³-hybridized carbons (Fsp3) is 0.571. The van der Waals surface area contributed by atoms with Gasteiger partial charge in [0.25, 0.3) is 0 Å². The van der Waals surface area contributed by atoms with Crippen LogP contribution in [0.25, 0.3) is 0 Å². The Morgan fingerprint density at radius 2 is 1.68 bits per heavy atom. The lowest BCUT2D eigenvalue weighted by atomic mass is 10.0. The maximum atomic E-state index is 10.2. The predicted molar refractivity (Wildman–Crippen MR) is 71.5 cm³/mol. The fourth-order valence-corrected chi connectivity index (χ4v) is 2.68. The Bertz CT molecular complexity index is 437. The lowest BCUT2D eigenvalue weighted by molar-refractivity contribution is 0.0300. The summed E-state index contributed by atoms with van der Waals surface area (Å²) in [6.45, 7) is 1.90. The smallest absolute Gasteiger partial charge is 0.161 e.